The molecule has 0 bridgehead atoms. The molecule has 0 aliphatic carbocycles. The van der Waals surface area contributed by atoms with E-state index >= 15 is 0 Å². The van der Waals surface area contributed by atoms with Crippen LogP contribution in [0.5, 0.6) is 0 Å². The minimum atomic E-state index is -1.05. The van der Waals surface area contributed by atoms with Crippen molar-refractivity contribution >= 4 is 5.91 Å². The van der Waals surface area contributed by atoms with E-state index in [2.05, 4.69) is 0 Å². The second-order valence-electron chi connectivity index (χ2n) is 5.18. The number of aliphatic hydroxyl groups is 1. The van der Waals surface area contributed by atoms with E-state index in [0.29, 0.717) is 25.9 Å². The highest BCUT2D eigenvalue weighted by Crippen LogP contribution is 2.18. The molecule has 1 aliphatic rings. The van der Waals surface area contributed by atoms with Crippen molar-refractivity contribution in [2.24, 2.45) is 0 Å². The number of hydrogen-bond donors (Lipinski definition) is 1. The van der Waals surface area contributed by atoms with Crippen LogP contribution in [-0.4, -0.2) is 45.6 Å². The number of hydrogen-bond acceptors (Lipinski definition) is 4. The van der Waals surface area contributed by atoms with Gasteiger partial charge in [-0.1, -0.05) is 0 Å². The summed E-state index contributed by atoms with van der Waals surface area (Å²) in [6.07, 6.45) is 1.34. The maximum Gasteiger partial charge on any atom is 0.222 e. The first-order valence-electron chi connectivity index (χ1n) is 5.93. The van der Waals surface area contributed by atoms with Crippen molar-refractivity contribution in [3.63, 3.8) is 0 Å². The van der Waals surface area contributed by atoms with Gasteiger partial charge in [-0.2, -0.15) is 0 Å². The second kappa shape index (κ2) is 5.44. The van der Waals surface area contributed by atoms with Gasteiger partial charge in [0.25, 0.3) is 0 Å². The lowest BCUT2D eigenvalue weighted by molar-refractivity contribution is -0.561. The Balaban J connectivity index is 2.37. The number of amides is 1. The third-order valence-electron chi connectivity index (χ3n) is 3.26. The zero-order chi connectivity index (χ0) is 13.1. The minimum absolute atomic E-state index is 0.0492. The number of aliphatic hydroxyl groups excluding tert-OH is 1. The summed E-state index contributed by atoms with van der Waals surface area (Å²) in [7, 11) is 0. The van der Waals surface area contributed by atoms with Crippen LogP contribution in [0.3, 0.4) is 0 Å². The Morgan fingerprint density at radius 3 is 2.47 bits per heavy atom. The molecule has 1 N–H and O–H groups in total. The average Bonchev–Trinajstić information content (AvgIpc) is 2.27. The number of carbonyl (C=O) groups excluding carboxylic acids is 1. The molecule has 17 heavy (non-hydrogen) atoms. The van der Waals surface area contributed by atoms with Crippen LogP contribution in [0.4, 0.5) is 0 Å². The fourth-order valence-electron chi connectivity index (χ4n) is 1.78. The molecule has 1 amide bonds. The standard InChI is InChI=1S/C11H20N2O4/c1-11(2,13(16)17)6-3-10(15)12-7-4-9(14)5-8-12/h9,14H,3-8H2,1-2H3. The summed E-state index contributed by atoms with van der Waals surface area (Å²) in [5, 5.41) is 20.0. The van der Waals surface area contributed by atoms with Crippen LogP contribution >= 0.6 is 0 Å². The van der Waals surface area contributed by atoms with Gasteiger partial charge < -0.3 is 10.0 Å². The quantitative estimate of drug-likeness (QED) is 0.585. The van der Waals surface area contributed by atoms with Gasteiger partial charge in [-0.3, -0.25) is 14.9 Å². The summed E-state index contributed by atoms with van der Waals surface area (Å²) < 4.78 is 0. The summed E-state index contributed by atoms with van der Waals surface area (Å²) in [6, 6.07) is 0. The summed E-state index contributed by atoms with van der Waals surface area (Å²) in [5.41, 5.74) is -1.05. The topological polar surface area (TPSA) is 83.7 Å². The van der Waals surface area contributed by atoms with Crippen LogP contribution in [-0.2, 0) is 4.79 Å². The normalized spacial score (nSPS) is 18.2. The molecule has 1 heterocycles. The van der Waals surface area contributed by atoms with Gasteiger partial charge in [0.1, 0.15) is 0 Å². The largest absolute Gasteiger partial charge is 0.393 e. The van der Waals surface area contributed by atoms with Crippen molar-refractivity contribution in [3.05, 3.63) is 10.1 Å². The third kappa shape index (κ3) is 3.96. The number of nitrogens with zero attached hydrogens (tertiary/aromatic N) is 2. The molecule has 6 nitrogen and oxygen atoms in total. The molecule has 1 rings (SSSR count). The fraction of sp³-hybridized carbons (Fsp3) is 0.909. The van der Waals surface area contributed by atoms with Gasteiger partial charge in [0.05, 0.1) is 6.10 Å². The first-order chi connectivity index (χ1) is 7.83. The van der Waals surface area contributed by atoms with E-state index in [4.69, 9.17) is 0 Å². The molecular weight excluding hydrogens is 224 g/mol. The molecule has 0 spiro atoms. The van der Waals surface area contributed by atoms with Crippen LogP contribution in [0.15, 0.2) is 0 Å². The lowest BCUT2D eigenvalue weighted by Crippen LogP contribution is -2.41. The number of carbonyl (C=O) groups is 1. The Hall–Kier alpha value is -1.17. The Morgan fingerprint density at radius 1 is 1.47 bits per heavy atom. The molecule has 0 aromatic rings. The molecule has 0 aromatic carbocycles. The average molecular weight is 244 g/mol. The van der Waals surface area contributed by atoms with Gasteiger partial charge in [-0.15, -0.1) is 0 Å². The highest BCUT2D eigenvalue weighted by molar-refractivity contribution is 5.76. The molecule has 0 saturated carbocycles. The smallest absolute Gasteiger partial charge is 0.222 e. The Morgan fingerprint density at radius 2 is 2.00 bits per heavy atom. The molecule has 1 saturated heterocycles. The SMILES string of the molecule is CC(C)(CCC(=O)N1CCC(O)CC1)[N+](=O)[O-]. The van der Waals surface area contributed by atoms with Crippen LogP contribution in [0, 0.1) is 10.1 Å². The monoisotopic (exact) mass is 244 g/mol. The van der Waals surface area contributed by atoms with Gasteiger partial charge in [0.2, 0.25) is 11.4 Å². The predicted molar refractivity (Wildman–Crippen MR) is 62.1 cm³/mol. The van der Waals surface area contributed by atoms with Crippen LogP contribution in [0.2, 0.25) is 0 Å². The summed E-state index contributed by atoms with van der Waals surface area (Å²) >= 11 is 0. The van der Waals surface area contributed by atoms with Gasteiger partial charge in [0, 0.05) is 44.7 Å². The van der Waals surface area contributed by atoms with Crippen molar-refractivity contribution in [1.29, 1.82) is 0 Å². The molecule has 0 aromatic heterocycles. The molecule has 0 radical (unpaired) electrons. The van der Waals surface area contributed by atoms with E-state index < -0.39 is 5.54 Å². The molecule has 0 unspecified atom stereocenters. The van der Waals surface area contributed by atoms with Crippen molar-refractivity contribution in [1.82, 2.24) is 4.90 Å². The number of rotatable bonds is 4. The molecule has 6 heteroatoms. The molecule has 0 atom stereocenters. The lowest BCUT2D eigenvalue weighted by atomic mass is 9.98. The van der Waals surface area contributed by atoms with E-state index in [1.54, 1.807) is 4.90 Å². The highest BCUT2D eigenvalue weighted by atomic mass is 16.6. The highest BCUT2D eigenvalue weighted by Gasteiger charge is 2.32. The lowest BCUT2D eigenvalue weighted by Gasteiger charge is -2.30. The molecule has 98 valence electrons. The predicted octanol–water partition coefficient (Wildman–Crippen LogP) is 0.805. The fourth-order valence-corrected chi connectivity index (χ4v) is 1.78. The van der Waals surface area contributed by atoms with Crippen molar-refractivity contribution in [2.75, 3.05) is 13.1 Å². The van der Waals surface area contributed by atoms with E-state index in [1.807, 2.05) is 0 Å². The number of likely N-dealkylation sites (tertiary alicyclic amines) is 1. The number of nitro groups is 1. The maximum absolute atomic E-state index is 11.8. The van der Waals surface area contributed by atoms with E-state index in [9.17, 15) is 20.0 Å². The minimum Gasteiger partial charge on any atom is -0.393 e. The third-order valence-corrected chi connectivity index (χ3v) is 3.26. The summed E-state index contributed by atoms with van der Waals surface area (Å²) in [6.45, 7) is 4.16. The van der Waals surface area contributed by atoms with Gasteiger partial charge in [0.15, 0.2) is 0 Å². The Kier molecular flexibility index (Phi) is 4.45. The Bertz CT molecular complexity index is 296. The van der Waals surface area contributed by atoms with Crippen LogP contribution in [0.25, 0.3) is 0 Å². The van der Waals surface area contributed by atoms with Gasteiger partial charge in [-0.25, -0.2) is 0 Å². The van der Waals surface area contributed by atoms with Crippen molar-refractivity contribution in [3.8, 4) is 0 Å². The maximum atomic E-state index is 11.8. The molecular formula is C11H20N2O4. The van der Waals surface area contributed by atoms with E-state index in [-0.39, 0.29) is 29.8 Å². The Labute approximate surface area is 101 Å². The van der Waals surface area contributed by atoms with E-state index in [1.165, 1.54) is 13.8 Å². The summed E-state index contributed by atoms with van der Waals surface area (Å²) in [5.74, 6) is -0.0492. The van der Waals surface area contributed by atoms with Crippen molar-refractivity contribution in [2.45, 2.75) is 51.2 Å². The van der Waals surface area contributed by atoms with Crippen LogP contribution in [0.1, 0.15) is 39.5 Å². The zero-order valence-corrected chi connectivity index (χ0v) is 10.4. The van der Waals surface area contributed by atoms with Gasteiger partial charge in [-0.05, 0) is 12.8 Å². The van der Waals surface area contributed by atoms with Crippen molar-refractivity contribution < 1.29 is 14.8 Å². The zero-order valence-electron chi connectivity index (χ0n) is 10.4. The first-order valence-corrected chi connectivity index (χ1v) is 5.93. The number of piperidine rings is 1. The second-order valence-corrected chi connectivity index (χ2v) is 5.18. The first kappa shape index (κ1) is 13.9. The van der Waals surface area contributed by atoms with Crippen LogP contribution < -0.4 is 0 Å². The molecule has 1 aliphatic heterocycles. The van der Waals surface area contributed by atoms with Gasteiger partial charge >= 0.3 is 0 Å². The van der Waals surface area contributed by atoms with E-state index in [0.717, 1.165) is 0 Å². The molecule has 1 fully saturated rings. The summed E-state index contributed by atoms with van der Waals surface area (Å²) in [4.78, 5) is 23.8.